The van der Waals surface area contributed by atoms with Crippen molar-refractivity contribution in [3.63, 3.8) is 0 Å². The molecular weight excluding hydrogens is 258 g/mol. The smallest absolute Gasteiger partial charge is 0.265 e. The first kappa shape index (κ1) is 12.3. The van der Waals surface area contributed by atoms with Gasteiger partial charge in [-0.1, -0.05) is 0 Å². The first-order valence-corrected chi connectivity index (χ1v) is 7.42. The molecule has 17 heavy (non-hydrogen) atoms. The van der Waals surface area contributed by atoms with Crippen LogP contribution in [-0.2, 0) is 10.0 Å². The van der Waals surface area contributed by atoms with Crippen molar-refractivity contribution in [2.45, 2.75) is 24.2 Å². The Morgan fingerprint density at radius 1 is 1.41 bits per heavy atom. The molecule has 0 aliphatic heterocycles. The molecule has 0 saturated carbocycles. The Labute approximate surface area is 104 Å². The van der Waals surface area contributed by atoms with E-state index in [9.17, 15) is 8.42 Å². The summed E-state index contributed by atoms with van der Waals surface area (Å²) in [7, 11) is -3.71. The maximum atomic E-state index is 11.2. The summed E-state index contributed by atoms with van der Waals surface area (Å²) in [5.41, 5.74) is 1.56. The van der Waals surface area contributed by atoms with Gasteiger partial charge in [-0.25, -0.2) is 18.5 Å². The number of hydrogen-bond donors (Lipinski definition) is 2. The van der Waals surface area contributed by atoms with Gasteiger partial charge in [0.1, 0.15) is 0 Å². The summed E-state index contributed by atoms with van der Waals surface area (Å²) in [6.45, 7) is 4.06. The predicted octanol–water partition coefficient (Wildman–Crippen LogP) is 1.76. The molecule has 0 aliphatic carbocycles. The fourth-order valence-corrected chi connectivity index (χ4v) is 3.09. The average molecular weight is 271 g/mol. The minimum absolute atomic E-state index is 0.0470. The van der Waals surface area contributed by atoms with Crippen LogP contribution in [0, 0.1) is 0 Å². The van der Waals surface area contributed by atoms with Gasteiger partial charge in [0.25, 0.3) is 10.0 Å². The molecule has 0 radical (unpaired) electrons. The van der Waals surface area contributed by atoms with Crippen LogP contribution in [0.1, 0.15) is 13.8 Å². The molecule has 0 fully saturated rings. The van der Waals surface area contributed by atoms with Crippen molar-refractivity contribution in [2.24, 2.45) is 5.14 Å². The molecule has 1 heterocycles. The second kappa shape index (κ2) is 4.25. The van der Waals surface area contributed by atoms with Crippen molar-refractivity contribution in [3.05, 3.63) is 18.2 Å². The SMILES string of the molecule is CC(C)Nc1ccc2sc(S(N)(=O)=O)nc2c1. The molecule has 92 valence electrons. The normalized spacial score (nSPS) is 12.2. The van der Waals surface area contributed by atoms with Gasteiger partial charge in [0.2, 0.25) is 4.34 Å². The highest BCUT2D eigenvalue weighted by Gasteiger charge is 2.14. The van der Waals surface area contributed by atoms with E-state index in [1.54, 1.807) is 0 Å². The highest BCUT2D eigenvalue weighted by Crippen LogP contribution is 2.27. The summed E-state index contributed by atoms with van der Waals surface area (Å²) < 4.78 is 23.1. The van der Waals surface area contributed by atoms with E-state index in [0.29, 0.717) is 11.6 Å². The lowest BCUT2D eigenvalue weighted by molar-refractivity contribution is 0.597. The van der Waals surface area contributed by atoms with Crippen molar-refractivity contribution in [2.75, 3.05) is 5.32 Å². The maximum Gasteiger partial charge on any atom is 0.265 e. The number of nitrogens with one attached hydrogen (secondary N) is 1. The Hall–Kier alpha value is -1.18. The molecule has 0 bridgehead atoms. The van der Waals surface area contributed by atoms with Crippen molar-refractivity contribution >= 4 is 37.3 Å². The number of sulfonamides is 1. The number of fused-ring (bicyclic) bond motifs is 1. The van der Waals surface area contributed by atoms with Gasteiger partial charge in [-0.05, 0) is 32.0 Å². The van der Waals surface area contributed by atoms with E-state index in [2.05, 4.69) is 10.3 Å². The van der Waals surface area contributed by atoms with E-state index in [1.807, 2.05) is 32.0 Å². The number of nitrogens with zero attached hydrogens (tertiary/aromatic N) is 1. The monoisotopic (exact) mass is 271 g/mol. The van der Waals surface area contributed by atoms with E-state index in [1.165, 1.54) is 0 Å². The quantitative estimate of drug-likeness (QED) is 0.890. The second-order valence-electron chi connectivity index (χ2n) is 4.01. The molecule has 5 nitrogen and oxygen atoms in total. The molecular formula is C10H13N3O2S2. The predicted molar refractivity (Wildman–Crippen MR) is 69.8 cm³/mol. The number of aromatic nitrogens is 1. The molecule has 0 unspecified atom stereocenters. The Kier molecular flexibility index (Phi) is 3.07. The Bertz CT molecular complexity index is 647. The van der Waals surface area contributed by atoms with Gasteiger partial charge >= 0.3 is 0 Å². The third-order valence-corrected chi connectivity index (χ3v) is 4.42. The van der Waals surface area contributed by atoms with Gasteiger partial charge in [0.15, 0.2) is 0 Å². The first-order valence-electron chi connectivity index (χ1n) is 5.06. The molecule has 0 saturated heterocycles. The number of anilines is 1. The van der Waals surface area contributed by atoms with Crippen LogP contribution < -0.4 is 10.5 Å². The molecule has 0 aliphatic rings. The van der Waals surface area contributed by atoms with Gasteiger partial charge in [-0.2, -0.15) is 0 Å². The van der Waals surface area contributed by atoms with Gasteiger partial charge in [-0.3, -0.25) is 0 Å². The summed E-state index contributed by atoms with van der Waals surface area (Å²) >= 11 is 1.08. The Morgan fingerprint density at radius 2 is 2.12 bits per heavy atom. The summed E-state index contributed by atoms with van der Waals surface area (Å²) in [6.07, 6.45) is 0. The minimum atomic E-state index is -3.71. The minimum Gasteiger partial charge on any atom is -0.383 e. The fourth-order valence-electron chi connectivity index (χ4n) is 1.45. The number of hydrogen-bond acceptors (Lipinski definition) is 5. The van der Waals surface area contributed by atoms with Crippen LogP contribution in [0.4, 0.5) is 5.69 Å². The van der Waals surface area contributed by atoms with Crippen LogP contribution in [0.2, 0.25) is 0 Å². The number of nitrogens with two attached hydrogens (primary N) is 1. The van der Waals surface area contributed by atoms with Gasteiger partial charge in [-0.15, -0.1) is 11.3 Å². The van der Waals surface area contributed by atoms with Crippen LogP contribution in [0.5, 0.6) is 0 Å². The molecule has 1 aromatic carbocycles. The lowest BCUT2D eigenvalue weighted by atomic mass is 10.2. The third-order valence-electron chi connectivity index (χ3n) is 2.07. The summed E-state index contributed by atoms with van der Waals surface area (Å²) in [5.74, 6) is 0. The molecule has 0 spiro atoms. The molecule has 2 rings (SSSR count). The van der Waals surface area contributed by atoms with Crippen molar-refractivity contribution in [3.8, 4) is 0 Å². The van der Waals surface area contributed by atoms with Crippen molar-refractivity contribution < 1.29 is 8.42 Å². The van der Waals surface area contributed by atoms with E-state index in [4.69, 9.17) is 5.14 Å². The number of primary sulfonamides is 1. The van der Waals surface area contributed by atoms with Gasteiger partial charge < -0.3 is 5.32 Å². The van der Waals surface area contributed by atoms with Crippen molar-refractivity contribution in [1.29, 1.82) is 0 Å². The molecule has 2 aromatic rings. The van der Waals surface area contributed by atoms with Crippen LogP contribution in [0.3, 0.4) is 0 Å². The van der Waals surface area contributed by atoms with Crippen molar-refractivity contribution in [1.82, 2.24) is 4.98 Å². The van der Waals surface area contributed by atoms with Crippen LogP contribution in [0.25, 0.3) is 10.2 Å². The summed E-state index contributed by atoms with van der Waals surface area (Å²) in [4.78, 5) is 4.02. The zero-order valence-corrected chi connectivity index (χ0v) is 11.1. The topological polar surface area (TPSA) is 85.1 Å². The van der Waals surface area contributed by atoms with E-state index in [-0.39, 0.29) is 4.34 Å². The average Bonchev–Trinajstić information content (AvgIpc) is 2.58. The lowest BCUT2D eigenvalue weighted by Gasteiger charge is -2.08. The molecule has 7 heteroatoms. The molecule has 0 amide bonds. The molecule has 1 aromatic heterocycles. The second-order valence-corrected chi connectivity index (χ2v) is 6.77. The molecule has 3 N–H and O–H groups in total. The number of rotatable bonds is 3. The summed E-state index contributed by atoms with van der Waals surface area (Å²) in [6, 6.07) is 5.86. The Balaban J connectivity index is 2.48. The third kappa shape index (κ3) is 2.74. The largest absolute Gasteiger partial charge is 0.383 e. The fraction of sp³-hybridized carbons (Fsp3) is 0.300. The molecule has 0 atom stereocenters. The van der Waals surface area contributed by atoms with Gasteiger partial charge in [0, 0.05) is 11.7 Å². The van der Waals surface area contributed by atoms with E-state index < -0.39 is 10.0 Å². The highest BCUT2D eigenvalue weighted by atomic mass is 32.2. The Morgan fingerprint density at radius 3 is 2.71 bits per heavy atom. The number of thiazole rings is 1. The van der Waals surface area contributed by atoms with Crippen LogP contribution in [0.15, 0.2) is 22.5 Å². The highest BCUT2D eigenvalue weighted by molar-refractivity contribution is 7.91. The summed E-state index contributed by atoms with van der Waals surface area (Å²) in [5, 5.41) is 8.27. The first-order chi connectivity index (χ1) is 7.86. The maximum absolute atomic E-state index is 11.2. The van der Waals surface area contributed by atoms with Gasteiger partial charge in [0.05, 0.1) is 10.2 Å². The zero-order valence-electron chi connectivity index (χ0n) is 9.47. The lowest BCUT2D eigenvalue weighted by Crippen LogP contribution is -2.11. The van der Waals surface area contributed by atoms with E-state index in [0.717, 1.165) is 21.7 Å². The van der Waals surface area contributed by atoms with Crippen LogP contribution >= 0.6 is 11.3 Å². The number of benzene rings is 1. The zero-order chi connectivity index (χ0) is 12.6. The standard InChI is InChI=1S/C10H13N3O2S2/c1-6(2)12-7-3-4-9-8(5-7)13-10(16-9)17(11,14)15/h3-6,12H,1-2H3,(H2,11,14,15). The van der Waals surface area contributed by atoms with Crippen LogP contribution in [-0.4, -0.2) is 19.4 Å². The van der Waals surface area contributed by atoms with E-state index >= 15 is 0 Å².